The Morgan fingerprint density at radius 2 is 2.48 bits per heavy atom. The molecule has 0 amide bonds. The predicted octanol–water partition coefficient (Wildman–Crippen LogP) is 2.28. The van der Waals surface area contributed by atoms with Crippen molar-refractivity contribution in [2.24, 2.45) is 0 Å². The molecule has 6 nitrogen and oxygen atoms in total. The van der Waals surface area contributed by atoms with Crippen molar-refractivity contribution in [3.05, 3.63) is 30.0 Å². The van der Waals surface area contributed by atoms with Crippen LogP contribution in [-0.2, 0) is 10.9 Å². The highest BCUT2D eigenvalue weighted by atomic mass is 31.2. The summed E-state index contributed by atoms with van der Waals surface area (Å²) in [6.45, 7) is -2.17. The number of H-pyrrole nitrogens is 1. The highest BCUT2D eigenvalue weighted by molar-refractivity contribution is 7.46. The van der Waals surface area contributed by atoms with Gasteiger partial charge >= 0.3 is 7.82 Å². The van der Waals surface area contributed by atoms with Gasteiger partial charge in [0.1, 0.15) is 5.75 Å². The van der Waals surface area contributed by atoms with E-state index in [-0.39, 0.29) is 23.2 Å². The molecule has 1 aromatic heterocycles. The largest absolute Gasteiger partial charge is 0.524 e. The molecule has 0 radical (unpaired) electrons. The van der Waals surface area contributed by atoms with Crippen LogP contribution >= 0.6 is 7.82 Å². The van der Waals surface area contributed by atoms with Gasteiger partial charge in [-0.3, -0.25) is 9.79 Å². The zero-order chi connectivity index (χ0) is 19.3. The summed E-state index contributed by atoms with van der Waals surface area (Å²) in [5.41, 5.74) is 0.547. The number of phosphoric acid groups is 1. The van der Waals surface area contributed by atoms with Gasteiger partial charge in [-0.25, -0.2) is 4.57 Å². The Kier molecular flexibility index (Phi) is 2.51. The smallest absolute Gasteiger partial charge is 0.404 e. The number of hydrogen-bond donors (Lipinski definition) is 3. The molecule has 3 N–H and O–H groups in total. The Morgan fingerprint density at radius 3 is 3.24 bits per heavy atom. The minimum Gasteiger partial charge on any atom is -0.404 e. The number of hydrogen-bond acceptors (Lipinski definition) is 3. The number of rotatable bonds is 4. The van der Waals surface area contributed by atoms with Gasteiger partial charge in [-0.05, 0) is 50.4 Å². The highest BCUT2D eigenvalue weighted by Gasteiger charge is 2.24. The lowest BCUT2D eigenvalue weighted by atomic mass is 10.0. The Hall–Kier alpha value is -1.33. The third-order valence-electron chi connectivity index (χ3n) is 3.46. The summed E-state index contributed by atoms with van der Waals surface area (Å²) >= 11 is 0. The van der Waals surface area contributed by atoms with Crippen molar-refractivity contribution < 1.29 is 25.7 Å². The predicted molar refractivity (Wildman–Crippen MR) is 80.3 cm³/mol. The maximum absolute atomic E-state index is 11.3. The highest BCUT2D eigenvalue weighted by Crippen LogP contribution is 2.42. The topological polar surface area (TPSA) is 85.8 Å². The summed E-state index contributed by atoms with van der Waals surface area (Å²) in [6.07, 6.45) is 0.237. The quantitative estimate of drug-likeness (QED) is 0.754. The van der Waals surface area contributed by atoms with Crippen LogP contribution in [0, 0.1) is 0 Å². The number of likely N-dealkylation sites (tertiary alicyclic amines) is 1. The van der Waals surface area contributed by atoms with Gasteiger partial charge in [0.25, 0.3) is 0 Å². The van der Waals surface area contributed by atoms with Crippen molar-refractivity contribution in [2.75, 3.05) is 13.5 Å². The molecule has 1 aliphatic heterocycles. The third kappa shape index (κ3) is 3.14. The van der Waals surface area contributed by atoms with Crippen LogP contribution in [0.2, 0.25) is 0 Å². The van der Waals surface area contributed by atoms with Crippen molar-refractivity contribution in [1.82, 2.24) is 9.88 Å². The molecule has 114 valence electrons. The van der Waals surface area contributed by atoms with E-state index in [2.05, 4.69) is 4.98 Å². The number of nitrogens with zero attached hydrogens (tertiary/aromatic N) is 1. The van der Waals surface area contributed by atoms with E-state index in [1.54, 1.807) is 6.07 Å². The van der Waals surface area contributed by atoms with Crippen LogP contribution in [0.1, 0.15) is 25.3 Å². The van der Waals surface area contributed by atoms with Crippen LogP contribution < -0.4 is 4.52 Å². The fourth-order valence-corrected chi connectivity index (χ4v) is 2.97. The van der Waals surface area contributed by atoms with Crippen LogP contribution in [0.5, 0.6) is 5.75 Å². The van der Waals surface area contributed by atoms with Gasteiger partial charge < -0.3 is 14.4 Å². The first kappa shape index (κ1) is 9.64. The Labute approximate surface area is 130 Å². The van der Waals surface area contributed by atoms with Crippen molar-refractivity contribution in [3.8, 4) is 5.75 Å². The molecule has 0 saturated carbocycles. The van der Waals surface area contributed by atoms with E-state index in [1.807, 2.05) is 0 Å². The van der Waals surface area contributed by atoms with Gasteiger partial charge in [-0.15, -0.1) is 0 Å². The van der Waals surface area contributed by atoms with E-state index in [0.29, 0.717) is 18.4 Å². The molecule has 1 aromatic carbocycles. The van der Waals surface area contributed by atoms with Gasteiger partial charge in [-0.1, -0.05) is 6.07 Å². The molecule has 2 aromatic rings. The minimum atomic E-state index is -4.84. The number of phosphoric ester groups is 1. The van der Waals surface area contributed by atoms with Crippen molar-refractivity contribution in [3.63, 3.8) is 0 Å². The van der Waals surface area contributed by atoms with E-state index in [9.17, 15) is 4.57 Å². The molecule has 1 atom stereocenters. The minimum absolute atomic E-state index is 0.109. The third-order valence-corrected chi connectivity index (χ3v) is 3.89. The lowest BCUT2D eigenvalue weighted by Gasteiger charge is -2.19. The van der Waals surface area contributed by atoms with Crippen LogP contribution in [0.25, 0.3) is 10.9 Å². The summed E-state index contributed by atoms with van der Waals surface area (Å²) in [6, 6.07) is 3.59. The van der Waals surface area contributed by atoms with Crippen LogP contribution in [-0.4, -0.2) is 39.2 Å². The van der Waals surface area contributed by atoms with E-state index in [0.717, 1.165) is 4.90 Å². The zero-order valence-corrected chi connectivity index (χ0v) is 12.0. The lowest BCUT2D eigenvalue weighted by molar-refractivity contribution is 0.284. The average molecular weight is 315 g/mol. The molecule has 7 heteroatoms. The fourth-order valence-electron chi connectivity index (χ4n) is 2.57. The van der Waals surface area contributed by atoms with Crippen molar-refractivity contribution >= 4 is 18.7 Å². The summed E-state index contributed by atoms with van der Waals surface area (Å²) in [7, 11) is -4.84. The molecule has 1 fully saturated rings. The number of nitrogens with one attached hydrogen (secondary N) is 1. The maximum atomic E-state index is 11.3. The molecule has 0 spiro atoms. The summed E-state index contributed by atoms with van der Waals surface area (Å²) in [5.74, 6) is -0.158. The van der Waals surface area contributed by atoms with Crippen molar-refractivity contribution in [1.29, 1.82) is 0 Å². The second-order valence-electron chi connectivity index (χ2n) is 4.96. The first-order valence-corrected chi connectivity index (χ1v) is 8.07. The molecular formula is C14H19N2O4P. The maximum Gasteiger partial charge on any atom is 0.524 e. The summed E-state index contributed by atoms with van der Waals surface area (Å²) < 4.78 is 56.1. The average Bonchev–Trinajstić information content (AvgIpc) is 3.13. The molecule has 2 heterocycles. The number of aromatic nitrogens is 1. The summed E-state index contributed by atoms with van der Waals surface area (Å²) in [4.78, 5) is 22.3. The van der Waals surface area contributed by atoms with Crippen LogP contribution in [0.4, 0.5) is 0 Å². The van der Waals surface area contributed by atoms with E-state index >= 15 is 0 Å². The number of benzene rings is 1. The molecule has 0 unspecified atom stereocenters. The van der Waals surface area contributed by atoms with Crippen LogP contribution in [0.3, 0.4) is 0 Å². The number of fused-ring (bicyclic) bond motifs is 1. The Balaban J connectivity index is 2.11. The van der Waals surface area contributed by atoms with E-state index in [4.69, 9.17) is 21.2 Å². The zero-order valence-electron chi connectivity index (χ0n) is 16.1. The molecule has 0 bridgehead atoms. The second kappa shape index (κ2) is 5.46. The molecule has 1 saturated heterocycles. The van der Waals surface area contributed by atoms with Crippen molar-refractivity contribution in [2.45, 2.75) is 25.3 Å². The first-order chi connectivity index (χ1) is 11.9. The molecule has 0 aliphatic carbocycles. The number of likely N-dealkylation sites (N-methyl/N-ethyl adjacent to an activating group) is 1. The molecular weight excluding hydrogens is 291 g/mol. The van der Waals surface area contributed by atoms with Gasteiger partial charge in [0.2, 0.25) is 0 Å². The Morgan fingerprint density at radius 1 is 1.62 bits per heavy atom. The fraction of sp³-hybridized carbons (Fsp3) is 0.429. The first-order valence-electron chi connectivity index (χ1n) is 9.04. The van der Waals surface area contributed by atoms with E-state index < -0.39 is 27.2 Å². The monoisotopic (exact) mass is 315 g/mol. The number of aromatic amines is 1. The van der Waals surface area contributed by atoms with E-state index in [1.165, 1.54) is 18.3 Å². The standard InChI is InChI=1S/C14H19N2O4P/c1-16-7-3-4-11(16)8-10-9-15-12-5-2-6-13(14(10)12)20-21(17,18)19/h2,5-6,9,11,15H,3-4,7-8H2,1H3,(H2,17,18,19)/t11-/m0/s1/i1D3,8D2. The van der Waals surface area contributed by atoms with Gasteiger partial charge in [0, 0.05) is 30.0 Å². The second-order valence-corrected chi connectivity index (χ2v) is 6.12. The molecule has 3 rings (SSSR count). The summed E-state index contributed by atoms with van der Waals surface area (Å²) in [5, 5.41) is 0.193. The van der Waals surface area contributed by atoms with Crippen LogP contribution in [0.15, 0.2) is 24.4 Å². The molecule has 21 heavy (non-hydrogen) atoms. The Bertz CT molecular complexity index is 863. The van der Waals surface area contributed by atoms with Gasteiger partial charge in [0.15, 0.2) is 0 Å². The molecule has 1 aliphatic rings. The van der Waals surface area contributed by atoms with Gasteiger partial charge in [-0.2, -0.15) is 0 Å². The lowest BCUT2D eigenvalue weighted by Crippen LogP contribution is -2.26. The normalized spacial score (nSPS) is 25.0. The van der Waals surface area contributed by atoms with Gasteiger partial charge in [0.05, 0.1) is 0 Å². The SMILES string of the molecule is [2H]C([2H])(c1c[nH]c2cccc(OP(=O)(O)O)c12)[C@@H]1CCCN1C([2H])([2H])[2H].